The number of piperazine rings is 1. The van der Waals surface area contributed by atoms with E-state index in [0.29, 0.717) is 18.7 Å². The van der Waals surface area contributed by atoms with E-state index in [4.69, 9.17) is 4.74 Å². The van der Waals surface area contributed by atoms with Gasteiger partial charge in [0.1, 0.15) is 5.75 Å². The number of aliphatic hydroxyl groups is 1. The maximum Gasteiger partial charge on any atom is 0.416 e. The van der Waals surface area contributed by atoms with Gasteiger partial charge in [-0.25, -0.2) is 0 Å². The van der Waals surface area contributed by atoms with E-state index in [0.717, 1.165) is 19.2 Å². The predicted molar refractivity (Wildman–Crippen MR) is 93.3 cm³/mol. The molecular formula is C17H26ClF3N2O2. The van der Waals surface area contributed by atoms with E-state index >= 15 is 0 Å². The third-order valence-corrected chi connectivity index (χ3v) is 4.47. The van der Waals surface area contributed by atoms with E-state index in [1.165, 1.54) is 13.2 Å². The molecular weight excluding hydrogens is 357 g/mol. The first-order valence-electron chi connectivity index (χ1n) is 8.01. The zero-order chi connectivity index (χ0) is 18.0. The average molecular weight is 383 g/mol. The van der Waals surface area contributed by atoms with Gasteiger partial charge in [0.05, 0.1) is 12.7 Å². The molecule has 0 bridgehead atoms. The zero-order valence-corrected chi connectivity index (χ0v) is 15.5. The van der Waals surface area contributed by atoms with E-state index in [1.807, 2.05) is 13.8 Å². The molecule has 1 saturated heterocycles. The Kier molecular flexibility index (Phi) is 7.55. The van der Waals surface area contributed by atoms with Gasteiger partial charge in [-0.3, -0.25) is 4.90 Å². The summed E-state index contributed by atoms with van der Waals surface area (Å²) in [5, 5.41) is 13.1. The first kappa shape index (κ1) is 22.0. The normalized spacial score (nSPS) is 17.7. The van der Waals surface area contributed by atoms with E-state index in [9.17, 15) is 18.3 Å². The highest BCUT2D eigenvalue weighted by atomic mass is 35.5. The van der Waals surface area contributed by atoms with Crippen LogP contribution in [0.25, 0.3) is 0 Å². The number of nitrogens with one attached hydrogen (secondary N) is 1. The summed E-state index contributed by atoms with van der Waals surface area (Å²) in [5.74, 6) is 0.175. The minimum atomic E-state index is -4.44. The number of benzene rings is 1. The van der Waals surface area contributed by atoms with Gasteiger partial charge in [0, 0.05) is 44.2 Å². The molecule has 1 heterocycles. The first-order chi connectivity index (χ1) is 11.2. The van der Waals surface area contributed by atoms with Crippen LogP contribution in [-0.2, 0) is 6.18 Å². The fraction of sp³-hybridized carbons (Fsp3) is 0.647. The monoisotopic (exact) mass is 382 g/mol. The lowest BCUT2D eigenvalue weighted by atomic mass is 9.79. The van der Waals surface area contributed by atoms with Crippen LogP contribution in [0.1, 0.15) is 31.0 Å². The Bertz CT molecular complexity index is 561. The smallest absolute Gasteiger partial charge is 0.416 e. The Morgan fingerprint density at radius 2 is 1.80 bits per heavy atom. The number of alkyl halides is 3. The van der Waals surface area contributed by atoms with Gasteiger partial charge in [0.25, 0.3) is 0 Å². The van der Waals surface area contributed by atoms with Crippen LogP contribution in [0.2, 0.25) is 0 Å². The number of nitrogens with zero attached hydrogens (tertiary/aromatic N) is 1. The largest absolute Gasteiger partial charge is 0.497 e. The third kappa shape index (κ3) is 5.23. The summed E-state index contributed by atoms with van der Waals surface area (Å²) in [6.45, 7) is 6.58. The van der Waals surface area contributed by atoms with Crippen LogP contribution in [0.3, 0.4) is 0 Å². The molecule has 8 heteroatoms. The minimum absolute atomic E-state index is 0. The van der Waals surface area contributed by atoms with Gasteiger partial charge in [-0.15, -0.1) is 12.4 Å². The highest BCUT2D eigenvalue weighted by Crippen LogP contribution is 2.42. The summed E-state index contributed by atoms with van der Waals surface area (Å²) in [4.78, 5) is 2.13. The van der Waals surface area contributed by atoms with Crippen molar-refractivity contribution in [2.24, 2.45) is 5.41 Å². The van der Waals surface area contributed by atoms with Crippen LogP contribution in [0, 0.1) is 5.41 Å². The molecule has 0 saturated carbocycles. The standard InChI is InChI=1S/C17H25F3N2O2.ClH/c1-16(2,11-23)15(22-6-4-21-5-7-22)12-8-13(17(18,19)20)10-14(9-12)24-3;/h8-10,15,21,23H,4-7,11H2,1-3H3;1H/t15-;/m0./s1. The SMILES string of the molecule is COc1cc([C@H](N2CCNCC2)C(C)(C)CO)cc(C(F)(F)F)c1.Cl. The lowest BCUT2D eigenvalue weighted by molar-refractivity contribution is -0.137. The average Bonchev–Trinajstić information content (AvgIpc) is 2.54. The van der Waals surface area contributed by atoms with Gasteiger partial charge in [-0.2, -0.15) is 13.2 Å². The molecule has 1 atom stereocenters. The van der Waals surface area contributed by atoms with Crippen molar-refractivity contribution >= 4 is 12.4 Å². The Morgan fingerprint density at radius 3 is 2.28 bits per heavy atom. The second-order valence-corrected chi connectivity index (χ2v) is 6.83. The predicted octanol–water partition coefficient (Wildman–Crippen LogP) is 3.10. The van der Waals surface area contributed by atoms with Crippen LogP contribution in [0.5, 0.6) is 5.75 Å². The molecule has 2 N–H and O–H groups in total. The summed E-state index contributed by atoms with van der Waals surface area (Å²) in [6.07, 6.45) is -4.44. The Balaban J connectivity index is 0.00000312. The van der Waals surface area contributed by atoms with E-state index < -0.39 is 17.2 Å². The summed E-state index contributed by atoms with van der Waals surface area (Å²) in [6, 6.07) is 3.48. The molecule has 0 unspecified atom stereocenters. The van der Waals surface area contributed by atoms with Gasteiger partial charge < -0.3 is 15.2 Å². The van der Waals surface area contributed by atoms with Crippen molar-refractivity contribution in [3.63, 3.8) is 0 Å². The molecule has 0 aromatic heterocycles. The molecule has 1 aromatic rings. The quantitative estimate of drug-likeness (QED) is 0.821. The molecule has 1 aliphatic heterocycles. The highest BCUT2D eigenvalue weighted by Gasteiger charge is 2.38. The van der Waals surface area contributed by atoms with E-state index in [-0.39, 0.29) is 30.8 Å². The fourth-order valence-corrected chi connectivity index (χ4v) is 3.24. The number of methoxy groups -OCH3 is 1. The van der Waals surface area contributed by atoms with Crippen molar-refractivity contribution in [3.05, 3.63) is 29.3 Å². The third-order valence-electron chi connectivity index (χ3n) is 4.47. The maximum atomic E-state index is 13.2. The Hall–Kier alpha value is -1.02. The molecule has 0 amide bonds. The number of aliphatic hydroxyl groups excluding tert-OH is 1. The molecule has 4 nitrogen and oxygen atoms in total. The summed E-state index contributed by atoms with van der Waals surface area (Å²) in [5.41, 5.74) is -0.805. The van der Waals surface area contributed by atoms with E-state index in [1.54, 1.807) is 6.07 Å². The second kappa shape index (κ2) is 8.58. The number of hydrogen-bond donors (Lipinski definition) is 2. The first-order valence-corrected chi connectivity index (χ1v) is 8.01. The van der Waals surface area contributed by atoms with Crippen LogP contribution < -0.4 is 10.1 Å². The lowest BCUT2D eigenvalue weighted by Crippen LogP contribution is -2.49. The van der Waals surface area contributed by atoms with Crippen molar-refractivity contribution in [2.45, 2.75) is 26.1 Å². The fourth-order valence-electron chi connectivity index (χ4n) is 3.24. The summed E-state index contributed by atoms with van der Waals surface area (Å²) in [7, 11) is 1.36. The van der Waals surface area contributed by atoms with Crippen molar-refractivity contribution < 1.29 is 23.0 Å². The second-order valence-electron chi connectivity index (χ2n) is 6.83. The minimum Gasteiger partial charge on any atom is -0.497 e. The molecule has 0 spiro atoms. The molecule has 144 valence electrons. The maximum absolute atomic E-state index is 13.2. The number of hydrogen-bond acceptors (Lipinski definition) is 4. The molecule has 1 aliphatic rings. The molecule has 1 aromatic carbocycles. The van der Waals surface area contributed by atoms with Gasteiger partial charge in [0.2, 0.25) is 0 Å². The van der Waals surface area contributed by atoms with Gasteiger partial charge in [0.15, 0.2) is 0 Å². The topological polar surface area (TPSA) is 44.7 Å². The lowest BCUT2D eigenvalue weighted by Gasteiger charge is -2.43. The molecule has 2 rings (SSSR count). The summed E-state index contributed by atoms with van der Waals surface area (Å²) >= 11 is 0. The molecule has 0 radical (unpaired) electrons. The van der Waals surface area contributed by atoms with Crippen LogP contribution in [-0.4, -0.2) is 49.9 Å². The Morgan fingerprint density at radius 1 is 1.20 bits per heavy atom. The molecule has 25 heavy (non-hydrogen) atoms. The van der Waals surface area contributed by atoms with Crippen LogP contribution in [0.15, 0.2) is 18.2 Å². The van der Waals surface area contributed by atoms with Crippen LogP contribution >= 0.6 is 12.4 Å². The summed E-state index contributed by atoms with van der Waals surface area (Å²) < 4.78 is 44.8. The zero-order valence-electron chi connectivity index (χ0n) is 14.7. The number of halogens is 4. The van der Waals surface area contributed by atoms with Crippen molar-refractivity contribution in [2.75, 3.05) is 39.9 Å². The van der Waals surface area contributed by atoms with Crippen LogP contribution in [0.4, 0.5) is 13.2 Å². The molecule has 0 aliphatic carbocycles. The van der Waals surface area contributed by atoms with Crippen molar-refractivity contribution in [1.29, 1.82) is 0 Å². The highest BCUT2D eigenvalue weighted by molar-refractivity contribution is 5.85. The van der Waals surface area contributed by atoms with E-state index in [2.05, 4.69) is 10.2 Å². The Labute approximate surface area is 152 Å². The van der Waals surface area contributed by atoms with Gasteiger partial charge in [-0.05, 0) is 23.8 Å². The van der Waals surface area contributed by atoms with Gasteiger partial charge in [-0.1, -0.05) is 13.8 Å². The molecule has 1 fully saturated rings. The van der Waals surface area contributed by atoms with Gasteiger partial charge >= 0.3 is 6.18 Å². The van der Waals surface area contributed by atoms with Crippen molar-refractivity contribution in [3.8, 4) is 5.75 Å². The number of rotatable bonds is 5. The van der Waals surface area contributed by atoms with Crippen molar-refractivity contribution in [1.82, 2.24) is 10.2 Å². The number of ether oxygens (including phenoxy) is 1.